The fraction of sp³-hybridized carbons (Fsp3) is 0.231. The lowest BCUT2D eigenvalue weighted by Gasteiger charge is -2.13. The number of ether oxygens (including phenoxy) is 1. The number of hydrogen-bond donors (Lipinski definition) is 1. The minimum atomic E-state index is -4.74. The molecule has 0 aliphatic heterocycles. The van der Waals surface area contributed by atoms with E-state index in [0.717, 1.165) is 13.0 Å². The molecule has 0 aliphatic carbocycles. The Balaban J connectivity index is 2.70. The van der Waals surface area contributed by atoms with Crippen molar-refractivity contribution < 1.29 is 27.4 Å². The van der Waals surface area contributed by atoms with Crippen LogP contribution in [0.25, 0.3) is 5.69 Å². The first kappa shape index (κ1) is 15.8. The molecule has 1 aromatic heterocycles. The minimum absolute atomic E-state index is 0.150. The van der Waals surface area contributed by atoms with Crippen LogP contribution in [0.15, 0.2) is 23.1 Å². The summed E-state index contributed by atoms with van der Waals surface area (Å²) in [5.74, 6) is -1.70. The van der Waals surface area contributed by atoms with Gasteiger partial charge in [0.25, 0.3) is 5.56 Å². The van der Waals surface area contributed by atoms with Crippen molar-refractivity contribution in [3.8, 4) is 17.2 Å². The van der Waals surface area contributed by atoms with E-state index in [4.69, 9.17) is 4.74 Å². The lowest BCUT2D eigenvalue weighted by atomic mass is 10.2. The Kier molecular flexibility index (Phi) is 3.82. The molecule has 0 saturated heterocycles. The number of methoxy groups -OCH3 is 1. The molecule has 5 nitrogen and oxygen atoms in total. The average Bonchev–Trinajstić information content (AvgIpc) is 2.41. The summed E-state index contributed by atoms with van der Waals surface area (Å²) in [5.41, 5.74) is -3.37. The van der Waals surface area contributed by atoms with Gasteiger partial charge in [-0.1, -0.05) is 0 Å². The first-order valence-corrected chi connectivity index (χ1v) is 5.89. The van der Waals surface area contributed by atoms with Crippen molar-refractivity contribution in [2.45, 2.75) is 13.1 Å². The summed E-state index contributed by atoms with van der Waals surface area (Å²) in [7, 11) is 1.20. The number of rotatable bonds is 2. The van der Waals surface area contributed by atoms with Crippen LogP contribution in [0.5, 0.6) is 11.5 Å². The van der Waals surface area contributed by atoms with Gasteiger partial charge in [-0.05, 0) is 6.92 Å². The molecule has 22 heavy (non-hydrogen) atoms. The van der Waals surface area contributed by atoms with Crippen LogP contribution in [0.4, 0.5) is 17.6 Å². The van der Waals surface area contributed by atoms with Crippen molar-refractivity contribution in [2.24, 2.45) is 0 Å². The Morgan fingerprint density at radius 1 is 1.32 bits per heavy atom. The van der Waals surface area contributed by atoms with Crippen molar-refractivity contribution >= 4 is 0 Å². The summed E-state index contributed by atoms with van der Waals surface area (Å²) in [6.45, 7) is 0.971. The van der Waals surface area contributed by atoms with Crippen molar-refractivity contribution in [2.75, 3.05) is 7.11 Å². The number of halogens is 4. The van der Waals surface area contributed by atoms with Gasteiger partial charge in [-0.2, -0.15) is 23.0 Å². The maximum Gasteiger partial charge on any atom is 0.418 e. The van der Waals surface area contributed by atoms with Crippen molar-refractivity contribution in [3.05, 3.63) is 45.6 Å². The van der Waals surface area contributed by atoms with Crippen LogP contribution in [0, 0.1) is 12.7 Å². The minimum Gasteiger partial charge on any atom is -0.504 e. The second-order valence-electron chi connectivity index (χ2n) is 4.37. The standard InChI is InChI=1S/C13H10F4N2O3/c1-6-7(13(15,16)17)5-18-19(12(6)21)9-4-11(22-2)10(20)3-8(9)14/h3-5,20H,1-2H3. The van der Waals surface area contributed by atoms with Gasteiger partial charge in [0, 0.05) is 17.7 Å². The van der Waals surface area contributed by atoms with E-state index in [1.54, 1.807) is 0 Å². The number of phenolic OH excluding ortho intramolecular Hbond substituents is 1. The molecule has 0 saturated carbocycles. The predicted molar refractivity (Wildman–Crippen MR) is 67.7 cm³/mol. The number of benzene rings is 1. The summed E-state index contributed by atoms with van der Waals surface area (Å²) in [5, 5.41) is 12.8. The van der Waals surface area contributed by atoms with Gasteiger partial charge in [0.2, 0.25) is 0 Å². The maximum absolute atomic E-state index is 13.9. The van der Waals surface area contributed by atoms with Gasteiger partial charge in [-0.25, -0.2) is 4.39 Å². The third kappa shape index (κ3) is 2.61. The lowest BCUT2D eigenvalue weighted by Crippen LogP contribution is -2.27. The quantitative estimate of drug-likeness (QED) is 0.864. The normalized spacial score (nSPS) is 11.5. The van der Waals surface area contributed by atoms with E-state index < -0.39 is 40.1 Å². The smallest absolute Gasteiger partial charge is 0.418 e. The fourth-order valence-corrected chi connectivity index (χ4v) is 1.85. The zero-order chi connectivity index (χ0) is 16.7. The largest absolute Gasteiger partial charge is 0.504 e. The molecule has 9 heteroatoms. The Morgan fingerprint density at radius 3 is 2.50 bits per heavy atom. The van der Waals surface area contributed by atoms with E-state index in [1.807, 2.05) is 0 Å². The molecule has 1 heterocycles. The van der Waals surface area contributed by atoms with Crippen LogP contribution in [0.1, 0.15) is 11.1 Å². The van der Waals surface area contributed by atoms with Crippen molar-refractivity contribution in [1.29, 1.82) is 0 Å². The molecule has 0 atom stereocenters. The van der Waals surface area contributed by atoms with Crippen LogP contribution >= 0.6 is 0 Å². The van der Waals surface area contributed by atoms with Gasteiger partial charge < -0.3 is 9.84 Å². The molecule has 0 radical (unpaired) electrons. The summed E-state index contributed by atoms with van der Waals surface area (Å²) in [6, 6.07) is 1.64. The maximum atomic E-state index is 13.9. The molecule has 2 aromatic rings. The molecular weight excluding hydrogens is 308 g/mol. The van der Waals surface area contributed by atoms with E-state index in [9.17, 15) is 27.5 Å². The molecule has 1 aromatic carbocycles. The molecule has 0 bridgehead atoms. The number of phenols is 1. The topological polar surface area (TPSA) is 64.4 Å². The number of aromatic nitrogens is 2. The van der Waals surface area contributed by atoms with Gasteiger partial charge in [0.05, 0.1) is 18.9 Å². The molecule has 0 spiro atoms. The monoisotopic (exact) mass is 318 g/mol. The average molecular weight is 318 g/mol. The van der Waals surface area contributed by atoms with Gasteiger partial charge in [0.15, 0.2) is 17.3 Å². The number of hydrogen-bond acceptors (Lipinski definition) is 4. The zero-order valence-electron chi connectivity index (χ0n) is 11.4. The lowest BCUT2D eigenvalue weighted by molar-refractivity contribution is -0.138. The summed E-state index contributed by atoms with van der Waals surface area (Å²) in [6.07, 6.45) is -4.30. The molecule has 0 amide bonds. The predicted octanol–water partition coefficient (Wildman–Crippen LogP) is 2.41. The first-order chi connectivity index (χ1) is 10.2. The molecular formula is C13H10F4N2O3. The highest BCUT2D eigenvalue weighted by atomic mass is 19.4. The molecule has 2 rings (SSSR count). The van der Waals surface area contributed by atoms with Gasteiger partial charge in [-0.3, -0.25) is 4.79 Å². The summed E-state index contributed by atoms with van der Waals surface area (Å²) >= 11 is 0. The van der Waals surface area contributed by atoms with Crippen LogP contribution in [-0.4, -0.2) is 22.0 Å². The third-order valence-electron chi connectivity index (χ3n) is 3.00. The molecule has 1 N–H and O–H groups in total. The van der Waals surface area contributed by atoms with Crippen molar-refractivity contribution in [3.63, 3.8) is 0 Å². The van der Waals surface area contributed by atoms with E-state index in [1.165, 1.54) is 7.11 Å². The Hall–Kier alpha value is -2.58. The highest BCUT2D eigenvalue weighted by molar-refractivity contribution is 5.49. The van der Waals surface area contributed by atoms with Crippen LogP contribution in [-0.2, 0) is 6.18 Å². The van der Waals surface area contributed by atoms with E-state index in [0.29, 0.717) is 16.9 Å². The highest BCUT2D eigenvalue weighted by Gasteiger charge is 2.34. The van der Waals surface area contributed by atoms with Gasteiger partial charge in [-0.15, -0.1) is 0 Å². The fourth-order valence-electron chi connectivity index (χ4n) is 1.85. The third-order valence-corrected chi connectivity index (χ3v) is 3.00. The Labute approximate surface area is 121 Å². The Bertz CT molecular complexity index is 784. The number of aromatic hydroxyl groups is 1. The van der Waals surface area contributed by atoms with Crippen LogP contribution < -0.4 is 10.3 Å². The molecule has 0 aliphatic rings. The van der Waals surface area contributed by atoms with E-state index in [-0.39, 0.29) is 5.75 Å². The number of alkyl halides is 3. The molecule has 0 unspecified atom stereocenters. The molecule has 0 fully saturated rings. The van der Waals surface area contributed by atoms with E-state index >= 15 is 0 Å². The van der Waals surface area contributed by atoms with Crippen molar-refractivity contribution in [1.82, 2.24) is 9.78 Å². The first-order valence-electron chi connectivity index (χ1n) is 5.89. The zero-order valence-corrected chi connectivity index (χ0v) is 11.4. The summed E-state index contributed by atoms with van der Waals surface area (Å²) < 4.78 is 57.2. The second kappa shape index (κ2) is 5.32. The van der Waals surface area contributed by atoms with Gasteiger partial charge >= 0.3 is 6.18 Å². The Morgan fingerprint density at radius 2 is 1.95 bits per heavy atom. The van der Waals surface area contributed by atoms with Gasteiger partial charge in [0.1, 0.15) is 5.69 Å². The van der Waals surface area contributed by atoms with E-state index in [2.05, 4.69) is 5.10 Å². The second-order valence-corrected chi connectivity index (χ2v) is 4.37. The highest BCUT2D eigenvalue weighted by Crippen LogP contribution is 2.32. The summed E-state index contributed by atoms with van der Waals surface area (Å²) in [4.78, 5) is 12.0. The van der Waals surface area contributed by atoms with Crippen LogP contribution in [0.2, 0.25) is 0 Å². The molecule has 118 valence electrons. The van der Waals surface area contributed by atoms with Crippen LogP contribution in [0.3, 0.4) is 0 Å². The number of nitrogens with zero attached hydrogens (tertiary/aromatic N) is 2. The SMILES string of the molecule is COc1cc(-n2ncc(C(F)(F)F)c(C)c2=O)c(F)cc1O.